The van der Waals surface area contributed by atoms with Crippen LogP contribution in [0.15, 0.2) is 18.2 Å². The third-order valence-corrected chi connectivity index (χ3v) is 3.26. The third kappa shape index (κ3) is 1.35. The number of hydrogen-bond donors (Lipinski definition) is 1. The predicted molar refractivity (Wildman–Crippen MR) is 52.6 cm³/mol. The topological polar surface area (TPSA) is 44.5 Å². The molecule has 1 heterocycles. The lowest BCUT2D eigenvalue weighted by Crippen LogP contribution is -2.26. The molecule has 5 heteroatoms. The Labute approximate surface area is 91.1 Å². The summed E-state index contributed by atoms with van der Waals surface area (Å²) in [5.74, 6) is 0.184. The summed E-state index contributed by atoms with van der Waals surface area (Å²) < 4.78 is 34.3. The molecule has 0 spiro atoms. The third-order valence-electron chi connectivity index (χ3n) is 3.26. The lowest BCUT2D eigenvalue weighted by Gasteiger charge is -2.12. The molecule has 2 aliphatic rings. The van der Waals surface area contributed by atoms with Crippen LogP contribution in [-0.4, -0.2) is 12.8 Å². The van der Waals surface area contributed by atoms with Gasteiger partial charge in [-0.15, -0.1) is 8.78 Å². The van der Waals surface area contributed by atoms with E-state index in [1.54, 1.807) is 12.1 Å². The van der Waals surface area contributed by atoms with E-state index in [0.717, 1.165) is 18.4 Å². The first-order valence-electron chi connectivity index (χ1n) is 5.15. The molecule has 86 valence electrons. The number of halogens is 2. The lowest BCUT2D eigenvalue weighted by atomic mass is 9.96. The minimum Gasteiger partial charge on any atom is -0.395 e. The van der Waals surface area contributed by atoms with E-state index in [4.69, 9.17) is 5.73 Å². The van der Waals surface area contributed by atoms with Crippen LogP contribution in [0.1, 0.15) is 18.4 Å². The van der Waals surface area contributed by atoms with Gasteiger partial charge in [0.25, 0.3) is 0 Å². The van der Waals surface area contributed by atoms with Gasteiger partial charge in [-0.1, -0.05) is 6.07 Å². The van der Waals surface area contributed by atoms with Crippen molar-refractivity contribution in [2.24, 2.45) is 5.73 Å². The molecule has 1 aromatic rings. The Morgan fingerprint density at radius 1 is 1.19 bits per heavy atom. The fourth-order valence-electron chi connectivity index (χ4n) is 2.04. The highest BCUT2D eigenvalue weighted by atomic mass is 19.3. The standard InChI is InChI=1S/C11H11F2NO2/c12-11(13)15-8-2-1-7(5-9(8)16-11)10(6-14)3-4-10/h1-2,5H,3-4,6,14H2. The number of nitrogens with two attached hydrogens (primary N) is 1. The average molecular weight is 227 g/mol. The molecule has 0 unspecified atom stereocenters. The van der Waals surface area contributed by atoms with Gasteiger partial charge in [-0.3, -0.25) is 0 Å². The number of fused-ring (bicyclic) bond motifs is 1. The molecule has 0 radical (unpaired) electrons. The van der Waals surface area contributed by atoms with Crippen molar-refractivity contribution in [3.05, 3.63) is 23.8 Å². The Morgan fingerprint density at radius 2 is 1.88 bits per heavy atom. The van der Waals surface area contributed by atoms with Gasteiger partial charge in [0.15, 0.2) is 11.5 Å². The molecule has 1 aliphatic carbocycles. The van der Waals surface area contributed by atoms with Gasteiger partial charge in [0.05, 0.1) is 0 Å². The second kappa shape index (κ2) is 2.85. The summed E-state index contributed by atoms with van der Waals surface area (Å²) >= 11 is 0. The number of alkyl halides is 2. The number of benzene rings is 1. The molecule has 0 atom stereocenters. The molecule has 0 amide bonds. The first kappa shape index (κ1) is 9.84. The van der Waals surface area contributed by atoms with Crippen molar-refractivity contribution in [1.82, 2.24) is 0 Å². The Balaban J connectivity index is 1.97. The Morgan fingerprint density at radius 3 is 2.50 bits per heavy atom. The molecule has 3 nitrogen and oxygen atoms in total. The van der Waals surface area contributed by atoms with Crippen LogP contribution in [0.5, 0.6) is 11.5 Å². The molecule has 3 rings (SSSR count). The molecule has 2 N–H and O–H groups in total. The van der Waals surface area contributed by atoms with Crippen molar-refractivity contribution in [2.75, 3.05) is 6.54 Å². The first-order valence-corrected chi connectivity index (χ1v) is 5.15. The monoisotopic (exact) mass is 227 g/mol. The van der Waals surface area contributed by atoms with Crippen molar-refractivity contribution in [2.45, 2.75) is 24.6 Å². The zero-order valence-electron chi connectivity index (χ0n) is 8.50. The van der Waals surface area contributed by atoms with E-state index in [-0.39, 0.29) is 16.9 Å². The minimum atomic E-state index is -3.54. The van der Waals surface area contributed by atoms with Crippen LogP contribution in [0.4, 0.5) is 8.78 Å². The highest BCUT2D eigenvalue weighted by molar-refractivity contribution is 5.48. The van der Waals surface area contributed by atoms with E-state index < -0.39 is 6.29 Å². The highest BCUT2D eigenvalue weighted by Gasteiger charge is 2.47. The van der Waals surface area contributed by atoms with Crippen molar-refractivity contribution in [3.63, 3.8) is 0 Å². The molecule has 0 saturated heterocycles. The van der Waals surface area contributed by atoms with Gasteiger partial charge < -0.3 is 15.2 Å². The SMILES string of the molecule is NCC1(c2ccc3c(c2)OC(F)(F)O3)CC1. The lowest BCUT2D eigenvalue weighted by molar-refractivity contribution is -0.286. The normalized spacial score (nSPS) is 23.2. The Kier molecular flexibility index (Phi) is 1.75. The summed E-state index contributed by atoms with van der Waals surface area (Å²) in [6, 6.07) is 4.90. The number of hydrogen-bond acceptors (Lipinski definition) is 3. The van der Waals surface area contributed by atoms with Gasteiger partial charge in [-0.25, -0.2) is 0 Å². The minimum absolute atomic E-state index is 0.0315. The van der Waals surface area contributed by atoms with Crippen LogP contribution in [0.3, 0.4) is 0 Å². The molecular weight excluding hydrogens is 216 g/mol. The van der Waals surface area contributed by atoms with Gasteiger partial charge >= 0.3 is 6.29 Å². The average Bonchev–Trinajstić information content (AvgIpc) is 2.95. The van der Waals surface area contributed by atoms with E-state index in [9.17, 15) is 8.78 Å². The van der Waals surface area contributed by atoms with Gasteiger partial charge in [0, 0.05) is 12.0 Å². The maximum Gasteiger partial charge on any atom is 0.586 e. The van der Waals surface area contributed by atoms with Crippen LogP contribution in [0.25, 0.3) is 0 Å². The quantitative estimate of drug-likeness (QED) is 0.840. The number of rotatable bonds is 2. The largest absolute Gasteiger partial charge is 0.586 e. The van der Waals surface area contributed by atoms with E-state index >= 15 is 0 Å². The van der Waals surface area contributed by atoms with E-state index in [2.05, 4.69) is 9.47 Å². The van der Waals surface area contributed by atoms with Crippen molar-refractivity contribution >= 4 is 0 Å². The Hall–Kier alpha value is -1.36. The number of ether oxygens (including phenoxy) is 2. The van der Waals surface area contributed by atoms with Crippen LogP contribution in [0.2, 0.25) is 0 Å². The fraction of sp³-hybridized carbons (Fsp3) is 0.455. The summed E-state index contributed by atoms with van der Waals surface area (Å²) in [7, 11) is 0. The van der Waals surface area contributed by atoms with Crippen molar-refractivity contribution < 1.29 is 18.3 Å². The second-order valence-electron chi connectivity index (χ2n) is 4.31. The van der Waals surface area contributed by atoms with Crippen LogP contribution >= 0.6 is 0 Å². The smallest absolute Gasteiger partial charge is 0.395 e. The molecule has 1 fully saturated rings. The van der Waals surface area contributed by atoms with Crippen molar-refractivity contribution in [1.29, 1.82) is 0 Å². The first-order chi connectivity index (χ1) is 7.55. The van der Waals surface area contributed by atoms with E-state index in [1.165, 1.54) is 6.07 Å². The van der Waals surface area contributed by atoms with E-state index in [0.29, 0.717) is 6.54 Å². The van der Waals surface area contributed by atoms with Gasteiger partial charge in [0.2, 0.25) is 0 Å². The van der Waals surface area contributed by atoms with E-state index in [1.807, 2.05) is 0 Å². The summed E-state index contributed by atoms with van der Waals surface area (Å²) in [6.07, 6.45) is -1.54. The molecule has 1 aliphatic heterocycles. The molecule has 16 heavy (non-hydrogen) atoms. The molecule has 1 saturated carbocycles. The van der Waals surface area contributed by atoms with Gasteiger partial charge in [-0.05, 0) is 30.5 Å². The van der Waals surface area contributed by atoms with Crippen LogP contribution in [-0.2, 0) is 5.41 Å². The van der Waals surface area contributed by atoms with Gasteiger partial charge in [-0.2, -0.15) is 0 Å². The maximum absolute atomic E-state index is 12.8. The van der Waals surface area contributed by atoms with Crippen molar-refractivity contribution in [3.8, 4) is 11.5 Å². The van der Waals surface area contributed by atoms with Crippen LogP contribution in [0, 0.1) is 0 Å². The Bertz CT molecular complexity index is 444. The fourth-order valence-corrected chi connectivity index (χ4v) is 2.04. The molecule has 0 bridgehead atoms. The summed E-state index contributed by atoms with van der Waals surface area (Å²) in [5.41, 5.74) is 6.60. The molecule has 1 aromatic carbocycles. The molecular formula is C11H11F2NO2. The molecule has 0 aromatic heterocycles. The zero-order valence-corrected chi connectivity index (χ0v) is 8.50. The van der Waals surface area contributed by atoms with Crippen LogP contribution < -0.4 is 15.2 Å². The summed E-state index contributed by atoms with van der Waals surface area (Å²) in [6.45, 7) is 0.531. The predicted octanol–water partition coefficient (Wildman–Crippen LogP) is 2.00. The van der Waals surface area contributed by atoms with Gasteiger partial charge in [0.1, 0.15) is 0 Å². The zero-order chi connectivity index (χ0) is 11.4. The summed E-state index contributed by atoms with van der Waals surface area (Å²) in [5, 5.41) is 0. The maximum atomic E-state index is 12.8. The second-order valence-corrected chi connectivity index (χ2v) is 4.31. The summed E-state index contributed by atoms with van der Waals surface area (Å²) in [4.78, 5) is 0. The highest BCUT2D eigenvalue weighted by Crippen LogP contribution is 2.50.